The monoisotopic (exact) mass is 193 g/mol. The van der Waals surface area contributed by atoms with E-state index in [9.17, 15) is 13.6 Å². The highest BCUT2D eigenvalue weighted by Crippen LogP contribution is 2.16. The Bertz CT molecular complexity index is 511. The van der Waals surface area contributed by atoms with Crippen LogP contribution >= 0.6 is 0 Å². The van der Waals surface area contributed by atoms with Crippen LogP contribution in [0.25, 0.3) is 10.9 Å². The van der Waals surface area contributed by atoms with Crippen LogP contribution in [0.4, 0.5) is 8.78 Å². The predicted molar refractivity (Wildman–Crippen MR) is 47.0 cm³/mol. The van der Waals surface area contributed by atoms with Gasteiger partial charge >= 0.3 is 0 Å². The van der Waals surface area contributed by atoms with Gasteiger partial charge in [0.15, 0.2) is 5.82 Å². The average molecular weight is 193 g/mol. The molecule has 0 unspecified atom stereocenters. The molecule has 0 fully saturated rings. The number of pyridine rings is 1. The summed E-state index contributed by atoms with van der Waals surface area (Å²) in [4.78, 5) is 13.8. The number of fused-ring (bicyclic) bond motifs is 1. The molecule has 2 rings (SSSR count). The van der Waals surface area contributed by atoms with Crippen molar-refractivity contribution >= 4 is 17.2 Å². The summed E-state index contributed by atoms with van der Waals surface area (Å²) in [6.07, 6.45) is 0.640. The van der Waals surface area contributed by atoms with Crippen molar-refractivity contribution in [2.75, 3.05) is 0 Å². The average Bonchev–Trinajstić information content (AvgIpc) is 2.19. The van der Waals surface area contributed by atoms with Gasteiger partial charge in [-0.1, -0.05) is 0 Å². The minimum Gasteiger partial charge on any atom is -0.298 e. The van der Waals surface area contributed by atoms with Crippen molar-refractivity contribution in [2.45, 2.75) is 0 Å². The van der Waals surface area contributed by atoms with E-state index in [0.29, 0.717) is 22.8 Å². The smallest absolute Gasteiger partial charge is 0.249 e. The number of aldehydes is 1. The van der Waals surface area contributed by atoms with Crippen molar-refractivity contribution in [3.63, 3.8) is 0 Å². The third-order valence-electron chi connectivity index (χ3n) is 1.89. The molecule has 0 aliphatic heterocycles. The van der Waals surface area contributed by atoms with E-state index >= 15 is 0 Å². The summed E-state index contributed by atoms with van der Waals surface area (Å²) >= 11 is 0. The molecule has 0 atom stereocenters. The molecule has 1 heterocycles. The number of carbonyl (C=O) groups excluding carboxylic acids is 1. The molecule has 0 bridgehead atoms. The van der Waals surface area contributed by atoms with E-state index < -0.39 is 11.8 Å². The highest BCUT2D eigenvalue weighted by atomic mass is 19.2. The van der Waals surface area contributed by atoms with E-state index in [0.717, 1.165) is 6.07 Å². The molecule has 1 aromatic heterocycles. The molecule has 1 aromatic carbocycles. The van der Waals surface area contributed by atoms with Gasteiger partial charge in [0, 0.05) is 10.9 Å². The Labute approximate surface area is 78.2 Å². The van der Waals surface area contributed by atoms with Gasteiger partial charge in [-0.15, -0.1) is 0 Å². The summed E-state index contributed by atoms with van der Waals surface area (Å²) in [5.41, 5.74) is 0.736. The summed E-state index contributed by atoms with van der Waals surface area (Å²) in [5, 5.41) is 0.411. The maximum atomic E-state index is 12.8. The van der Waals surface area contributed by atoms with Gasteiger partial charge in [0.25, 0.3) is 0 Å². The first-order chi connectivity index (χ1) is 6.70. The molecule has 2 aromatic rings. The number of rotatable bonds is 1. The number of aromatic nitrogens is 1. The van der Waals surface area contributed by atoms with E-state index in [1.807, 2.05) is 0 Å². The lowest BCUT2D eigenvalue weighted by atomic mass is 10.1. The quantitative estimate of drug-likeness (QED) is 0.514. The van der Waals surface area contributed by atoms with Gasteiger partial charge in [-0.25, -0.2) is 9.37 Å². The van der Waals surface area contributed by atoms with Gasteiger partial charge in [-0.3, -0.25) is 4.79 Å². The first-order valence-electron chi connectivity index (χ1n) is 3.91. The van der Waals surface area contributed by atoms with E-state index in [-0.39, 0.29) is 0 Å². The highest BCUT2D eigenvalue weighted by Gasteiger charge is 2.05. The third kappa shape index (κ3) is 1.35. The van der Waals surface area contributed by atoms with Crippen molar-refractivity contribution in [1.29, 1.82) is 0 Å². The number of hydrogen-bond acceptors (Lipinski definition) is 2. The zero-order valence-corrected chi connectivity index (χ0v) is 7.00. The molecule has 0 aliphatic carbocycles. The second kappa shape index (κ2) is 3.14. The fourth-order valence-corrected chi connectivity index (χ4v) is 1.22. The Hall–Kier alpha value is -1.84. The van der Waals surface area contributed by atoms with Crippen molar-refractivity contribution in [3.05, 3.63) is 41.6 Å². The Morgan fingerprint density at radius 2 is 2.00 bits per heavy atom. The van der Waals surface area contributed by atoms with Crippen LogP contribution < -0.4 is 0 Å². The summed E-state index contributed by atoms with van der Waals surface area (Å²) in [5.74, 6) is -2.14. The molecule has 0 spiro atoms. The van der Waals surface area contributed by atoms with Crippen LogP contribution in [-0.2, 0) is 0 Å². The molecular weight excluding hydrogens is 188 g/mol. The molecular formula is C10H5F2NO. The van der Waals surface area contributed by atoms with Crippen molar-refractivity contribution < 1.29 is 13.6 Å². The largest absolute Gasteiger partial charge is 0.298 e. The van der Waals surface area contributed by atoms with Crippen LogP contribution in [0.3, 0.4) is 0 Å². The molecule has 0 aliphatic rings. The SMILES string of the molecule is O=Cc1ccc2nc(F)c(F)cc2c1. The molecule has 0 amide bonds. The minimum atomic E-state index is -1.13. The van der Waals surface area contributed by atoms with Gasteiger partial charge in [0.2, 0.25) is 5.95 Å². The number of benzene rings is 1. The van der Waals surface area contributed by atoms with Crippen molar-refractivity contribution in [2.24, 2.45) is 0 Å². The van der Waals surface area contributed by atoms with Crippen LogP contribution in [0, 0.1) is 11.8 Å². The van der Waals surface area contributed by atoms with Crippen molar-refractivity contribution in [1.82, 2.24) is 4.98 Å². The normalized spacial score (nSPS) is 10.4. The first-order valence-corrected chi connectivity index (χ1v) is 3.91. The zero-order valence-electron chi connectivity index (χ0n) is 7.00. The second-order valence-corrected chi connectivity index (χ2v) is 2.83. The Kier molecular flexibility index (Phi) is 1.96. The fourth-order valence-electron chi connectivity index (χ4n) is 1.22. The number of halogens is 2. The van der Waals surface area contributed by atoms with E-state index in [1.165, 1.54) is 18.2 Å². The lowest BCUT2D eigenvalue weighted by Gasteiger charge is -1.98. The van der Waals surface area contributed by atoms with Crippen LogP contribution in [0.2, 0.25) is 0 Å². The number of nitrogens with zero attached hydrogens (tertiary/aromatic N) is 1. The van der Waals surface area contributed by atoms with E-state index in [2.05, 4.69) is 4.98 Å². The van der Waals surface area contributed by atoms with Crippen molar-refractivity contribution in [3.8, 4) is 0 Å². The summed E-state index contributed by atoms with van der Waals surface area (Å²) in [6.45, 7) is 0. The van der Waals surface area contributed by atoms with Gasteiger partial charge in [-0.2, -0.15) is 4.39 Å². The summed E-state index contributed by atoms with van der Waals surface area (Å²) in [7, 11) is 0. The first kappa shape index (κ1) is 8.74. The van der Waals surface area contributed by atoms with Crippen LogP contribution in [-0.4, -0.2) is 11.3 Å². The maximum absolute atomic E-state index is 12.8. The molecule has 4 heteroatoms. The predicted octanol–water partition coefficient (Wildman–Crippen LogP) is 2.33. The molecule has 2 nitrogen and oxygen atoms in total. The van der Waals surface area contributed by atoms with E-state index in [4.69, 9.17) is 0 Å². The van der Waals surface area contributed by atoms with Crippen LogP contribution in [0.1, 0.15) is 10.4 Å². The Morgan fingerprint density at radius 1 is 1.21 bits per heavy atom. The van der Waals surface area contributed by atoms with Gasteiger partial charge < -0.3 is 0 Å². The standard InChI is InChI=1S/C10H5F2NO/c11-8-4-7-3-6(5-14)1-2-9(7)13-10(8)12/h1-5H. The Balaban J connectivity index is 2.76. The van der Waals surface area contributed by atoms with Crippen LogP contribution in [0.5, 0.6) is 0 Å². The molecule has 0 saturated heterocycles. The van der Waals surface area contributed by atoms with Gasteiger partial charge in [0.05, 0.1) is 5.52 Å². The maximum Gasteiger partial charge on any atom is 0.249 e. The zero-order chi connectivity index (χ0) is 10.1. The molecule has 0 radical (unpaired) electrons. The number of hydrogen-bond donors (Lipinski definition) is 0. The number of carbonyl (C=O) groups is 1. The molecule has 0 N–H and O–H groups in total. The summed E-state index contributed by atoms with van der Waals surface area (Å²) in [6, 6.07) is 5.45. The van der Waals surface area contributed by atoms with E-state index in [1.54, 1.807) is 0 Å². The van der Waals surface area contributed by atoms with Gasteiger partial charge in [0.1, 0.15) is 6.29 Å². The fraction of sp³-hybridized carbons (Fsp3) is 0. The minimum absolute atomic E-state index is 0.328. The summed E-state index contributed by atoms with van der Waals surface area (Å²) < 4.78 is 25.4. The highest BCUT2D eigenvalue weighted by molar-refractivity contribution is 5.86. The second-order valence-electron chi connectivity index (χ2n) is 2.83. The third-order valence-corrected chi connectivity index (χ3v) is 1.89. The molecule has 14 heavy (non-hydrogen) atoms. The molecule has 70 valence electrons. The van der Waals surface area contributed by atoms with Crippen LogP contribution in [0.15, 0.2) is 24.3 Å². The Morgan fingerprint density at radius 3 is 2.71 bits per heavy atom. The lowest BCUT2D eigenvalue weighted by molar-refractivity contribution is 0.112. The van der Waals surface area contributed by atoms with Gasteiger partial charge in [-0.05, 0) is 24.3 Å². The lowest BCUT2D eigenvalue weighted by Crippen LogP contribution is -1.91. The topological polar surface area (TPSA) is 30.0 Å². The molecule has 0 saturated carbocycles.